The zero-order valence-electron chi connectivity index (χ0n) is 20.6. The van der Waals surface area contributed by atoms with Crippen LogP contribution < -0.4 is 14.2 Å². The summed E-state index contributed by atoms with van der Waals surface area (Å²) in [5.74, 6) is 1.13. The summed E-state index contributed by atoms with van der Waals surface area (Å²) < 4.78 is 15.7. The largest absolute Gasteiger partial charge is 0.493 e. The van der Waals surface area contributed by atoms with Gasteiger partial charge in [0, 0.05) is 43.9 Å². The molecule has 8 nitrogen and oxygen atoms in total. The van der Waals surface area contributed by atoms with E-state index >= 15 is 0 Å². The van der Waals surface area contributed by atoms with Crippen LogP contribution in [-0.2, 0) is 4.79 Å². The number of hydrogen-bond donors (Lipinski definition) is 0. The van der Waals surface area contributed by atoms with Crippen LogP contribution in [0.3, 0.4) is 0 Å². The van der Waals surface area contributed by atoms with Crippen LogP contribution in [0.4, 0.5) is 0 Å². The standard InChI is InChI=1S/C26H29Cl2N3O5/c1-34-19-6-4-17(23(28)24(19)36-3)5-7-22(32)31-13-10-26(16-31)8-11-30(12-9-26)25(33)18-14-20(27)29-21(15-18)35-2/h4-7,14-15H,8-13,16H2,1-3H3. The van der Waals surface area contributed by atoms with Gasteiger partial charge in [0.2, 0.25) is 11.8 Å². The lowest BCUT2D eigenvalue weighted by molar-refractivity contribution is -0.125. The first-order chi connectivity index (χ1) is 17.3. The molecule has 2 saturated heterocycles. The highest BCUT2D eigenvalue weighted by Crippen LogP contribution is 2.41. The molecule has 1 aromatic carbocycles. The van der Waals surface area contributed by atoms with Gasteiger partial charge in [-0.2, -0.15) is 0 Å². The topological polar surface area (TPSA) is 81.2 Å². The summed E-state index contributed by atoms with van der Waals surface area (Å²) in [6.07, 6.45) is 5.84. The van der Waals surface area contributed by atoms with Crippen molar-refractivity contribution in [2.45, 2.75) is 19.3 Å². The lowest BCUT2D eigenvalue weighted by Gasteiger charge is -2.39. The van der Waals surface area contributed by atoms with E-state index in [2.05, 4.69) is 4.98 Å². The Hall–Kier alpha value is -2.97. The van der Waals surface area contributed by atoms with E-state index in [1.807, 2.05) is 9.80 Å². The van der Waals surface area contributed by atoms with Crippen molar-refractivity contribution in [3.63, 3.8) is 0 Å². The average Bonchev–Trinajstić information content (AvgIpc) is 3.30. The van der Waals surface area contributed by atoms with Crippen LogP contribution in [0.15, 0.2) is 30.3 Å². The fraction of sp³-hybridized carbons (Fsp3) is 0.423. The van der Waals surface area contributed by atoms with Gasteiger partial charge in [0.1, 0.15) is 5.15 Å². The molecule has 2 fully saturated rings. The highest BCUT2D eigenvalue weighted by atomic mass is 35.5. The number of amides is 2. The minimum absolute atomic E-state index is 0.0227. The van der Waals surface area contributed by atoms with Crippen molar-refractivity contribution in [3.05, 3.63) is 51.6 Å². The number of halogens is 2. The molecule has 3 heterocycles. The number of aromatic nitrogens is 1. The SMILES string of the molecule is COc1cc(C(=O)N2CCC3(CCN(C(=O)C=Cc4ccc(OC)c(OC)c4Cl)C3)CC2)cc(Cl)n1. The van der Waals surface area contributed by atoms with Crippen LogP contribution in [0.1, 0.15) is 35.2 Å². The molecule has 0 radical (unpaired) electrons. The van der Waals surface area contributed by atoms with Crippen molar-refractivity contribution >= 4 is 41.1 Å². The molecule has 1 spiro atoms. The summed E-state index contributed by atoms with van der Waals surface area (Å²) in [6, 6.07) is 6.71. The zero-order valence-corrected chi connectivity index (χ0v) is 22.1. The zero-order chi connectivity index (χ0) is 25.9. The first-order valence-corrected chi connectivity index (χ1v) is 12.4. The molecule has 0 unspecified atom stereocenters. The average molecular weight is 534 g/mol. The van der Waals surface area contributed by atoms with Gasteiger partial charge in [0.15, 0.2) is 11.5 Å². The highest BCUT2D eigenvalue weighted by molar-refractivity contribution is 6.34. The molecule has 4 rings (SSSR count). The Morgan fingerprint density at radius 1 is 0.972 bits per heavy atom. The van der Waals surface area contributed by atoms with E-state index < -0.39 is 0 Å². The van der Waals surface area contributed by atoms with Gasteiger partial charge < -0.3 is 24.0 Å². The molecular formula is C26H29Cl2N3O5. The third kappa shape index (κ3) is 5.39. The minimum atomic E-state index is -0.0897. The maximum Gasteiger partial charge on any atom is 0.254 e. The van der Waals surface area contributed by atoms with Gasteiger partial charge in [0.25, 0.3) is 5.91 Å². The normalized spacial score (nSPS) is 17.0. The van der Waals surface area contributed by atoms with Gasteiger partial charge >= 0.3 is 0 Å². The first kappa shape index (κ1) is 26.1. The van der Waals surface area contributed by atoms with Gasteiger partial charge in [-0.05, 0) is 54.5 Å². The van der Waals surface area contributed by atoms with E-state index in [-0.39, 0.29) is 22.4 Å². The molecule has 0 aliphatic carbocycles. The molecular weight excluding hydrogens is 505 g/mol. The molecule has 192 valence electrons. The number of pyridine rings is 1. The Morgan fingerprint density at radius 2 is 1.67 bits per heavy atom. The van der Waals surface area contributed by atoms with Crippen molar-refractivity contribution in [3.8, 4) is 17.4 Å². The van der Waals surface area contributed by atoms with Crippen LogP contribution >= 0.6 is 23.2 Å². The number of hydrogen-bond acceptors (Lipinski definition) is 6. The Bertz CT molecular complexity index is 1180. The number of rotatable bonds is 6. The molecule has 0 atom stereocenters. The summed E-state index contributed by atoms with van der Waals surface area (Å²) in [4.78, 5) is 33.7. The summed E-state index contributed by atoms with van der Waals surface area (Å²) in [5, 5.41) is 0.613. The van der Waals surface area contributed by atoms with E-state index in [4.69, 9.17) is 37.4 Å². The molecule has 2 amide bonds. The van der Waals surface area contributed by atoms with Gasteiger partial charge in [0.05, 0.1) is 26.4 Å². The van der Waals surface area contributed by atoms with Gasteiger partial charge in [-0.1, -0.05) is 23.2 Å². The van der Waals surface area contributed by atoms with Crippen LogP contribution in [0.2, 0.25) is 10.2 Å². The number of methoxy groups -OCH3 is 3. The van der Waals surface area contributed by atoms with Gasteiger partial charge in [-0.15, -0.1) is 0 Å². The molecule has 36 heavy (non-hydrogen) atoms. The van der Waals surface area contributed by atoms with Crippen molar-refractivity contribution in [2.24, 2.45) is 5.41 Å². The number of piperidine rings is 1. The second-order valence-electron chi connectivity index (χ2n) is 9.06. The van der Waals surface area contributed by atoms with Crippen molar-refractivity contribution < 1.29 is 23.8 Å². The van der Waals surface area contributed by atoms with E-state index in [1.165, 1.54) is 14.2 Å². The lowest BCUT2D eigenvalue weighted by Crippen LogP contribution is -2.44. The minimum Gasteiger partial charge on any atom is -0.493 e. The van der Waals surface area contributed by atoms with Crippen molar-refractivity contribution in [1.82, 2.24) is 14.8 Å². The molecule has 2 aliphatic heterocycles. The third-order valence-corrected chi connectivity index (χ3v) is 7.59. The van der Waals surface area contributed by atoms with E-state index in [1.54, 1.807) is 43.5 Å². The molecule has 2 aromatic rings. The molecule has 0 saturated carbocycles. The number of carbonyl (C=O) groups is 2. The van der Waals surface area contributed by atoms with Crippen LogP contribution in [0.25, 0.3) is 6.08 Å². The summed E-state index contributed by atoms with van der Waals surface area (Å²) in [5.41, 5.74) is 1.16. The summed E-state index contributed by atoms with van der Waals surface area (Å²) >= 11 is 12.5. The maximum absolute atomic E-state index is 13.0. The van der Waals surface area contributed by atoms with E-state index in [0.717, 1.165) is 19.3 Å². The predicted molar refractivity (Wildman–Crippen MR) is 138 cm³/mol. The van der Waals surface area contributed by atoms with Crippen LogP contribution in [0, 0.1) is 5.41 Å². The fourth-order valence-corrected chi connectivity index (χ4v) is 5.40. The number of ether oxygens (including phenoxy) is 3. The molecule has 1 aromatic heterocycles. The highest BCUT2D eigenvalue weighted by Gasteiger charge is 2.42. The van der Waals surface area contributed by atoms with Crippen molar-refractivity contribution in [1.29, 1.82) is 0 Å². The number of nitrogens with zero attached hydrogens (tertiary/aromatic N) is 3. The number of benzene rings is 1. The fourth-order valence-electron chi connectivity index (χ4n) is 4.90. The lowest BCUT2D eigenvalue weighted by atomic mass is 9.77. The second kappa shape index (κ2) is 11.0. The number of carbonyl (C=O) groups excluding carboxylic acids is 2. The predicted octanol–water partition coefficient (Wildman–Crippen LogP) is 4.58. The van der Waals surface area contributed by atoms with E-state index in [9.17, 15) is 9.59 Å². The molecule has 2 aliphatic rings. The smallest absolute Gasteiger partial charge is 0.254 e. The Labute approximate surface area is 220 Å². The Morgan fingerprint density at radius 3 is 2.31 bits per heavy atom. The molecule has 10 heteroatoms. The first-order valence-electron chi connectivity index (χ1n) is 11.7. The maximum atomic E-state index is 13.0. The molecule has 0 N–H and O–H groups in total. The third-order valence-electron chi connectivity index (χ3n) is 7.01. The Balaban J connectivity index is 1.36. The van der Waals surface area contributed by atoms with E-state index in [0.29, 0.717) is 59.7 Å². The Kier molecular flexibility index (Phi) is 7.95. The molecule has 0 bridgehead atoms. The van der Waals surface area contributed by atoms with Crippen LogP contribution in [-0.4, -0.2) is 74.1 Å². The number of likely N-dealkylation sites (tertiary alicyclic amines) is 2. The quantitative estimate of drug-likeness (QED) is 0.399. The monoisotopic (exact) mass is 533 g/mol. The van der Waals surface area contributed by atoms with Crippen LogP contribution in [0.5, 0.6) is 17.4 Å². The van der Waals surface area contributed by atoms with Gasteiger partial charge in [-0.3, -0.25) is 9.59 Å². The summed E-state index contributed by atoms with van der Waals surface area (Å²) in [6.45, 7) is 2.61. The van der Waals surface area contributed by atoms with Gasteiger partial charge in [-0.25, -0.2) is 4.98 Å². The summed E-state index contributed by atoms with van der Waals surface area (Å²) in [7, 11) is 4.55. The van der Waals surface area contributed by atoms with Crippen molar-refractivity contribution in [2.75, 3.05) is 47.5 Å². The second-order valence-corrected chi connectivity index (χ2v) is 9.83.